The first-order valence-corrected chi connectivity index (χ1v) is 7.08. The molecule has 0 unspecified atom stereocenters. The number of carbonyl (C=O) groups is 1. The van der Waals surface area contributed by atoms with E-state index in [4.69, 9.17) is 0 Å². The van der Waals surface area contributed by atoms with Crippen LogP contribution in [0.2, 0.25) is 0 Å². The second-order valence-corrected chi connectivity index (χ2v) is 5.06. The number of hydrogen-bond acceptors (Lipinski definition) is 4. The molecule has 0 saturated carbocycles. The summed E-state index contributed by atoms with van der Waals surface area (Å²) in [6.07, 6.45) is 0. The van der Waals surface area contributed by atoms with Gasteiger partial charge in [0.05, 0.1) is 0 Å². The van der Waals surface area contributed by atoms with Crippen LogP contribution in [0.15, 0.2) is 40.9 Å². The van der Waals surface area contributed by atoms with Crippen molar-refractivity contribution in [3.8, 4) is 0 Å². The molecule has 1 amide bonds. The molecule has 5 nitrogen and oxygen atoms in total. The van der Waals surface area contributed by atoms with E-state index >= 15 is 0 Å². The van der Waals surface area contributed by atoms with E-state index in [0.717, 1.165) is 10.0 Å². The van der Waals surface area contributed by atoms with Crippen LogP contribution in [0.5, 0.6) is 0 Å². The highest BCUT2D eigenvalue weighted by molar-refractivity contribution is 9.10. The summed E-state index contributed by atoms with van der Waals surface area (Å²) in [6, 6.07) is 11.4. The number of anilines is 1. The zero-order valence-corrected chi connectivity index (χ0v) is 12.6. The predicted molar refractivity (Wildman–Crippen MR) is 81.5 cm³/mol. The second kappa shape index (κ2) is 7.00. The van der Waals surface area contributed by atoms with Gasteiger partial charge in [0.2, 0.25) is 0 Å². The minimum Gasteiger partial charge on any atom is -0.365 e. The lowest BCUT2D eigenvalue weighted by Crippen LogP contribution is -2.24. The molecule has 0 aliphatic heterocycles. The zero-order chi connectivity index (χ0) is 14.4. The van der Waals surface area contributed by atoms with Gasteiger partial charge in [0.1, 0.15) is 5.82 Å². The summed E-state index contributed by atoms with van der Waals surface area (Å²) in [6.45, 7) is 3.09. The molecular weight excluding hydrogens is 320 g/mol. The van der Waals surface area contributed by atoms with Crippen molar-refractivity contribution in [2.45, 2.75) is 13.5 Å². The summed E-state index contributed by atoms with van der Waals surface area (Å²) in [5, 5.41) is 13.7. The highest BCUT2D eigenvalue weighted by Gasteiger charge is 2.06. The van der Waals surface area contributed by atoms with Crippen molar-refractivity contribution >= 4 is 27.7 Å². The van der Waals surface area contributed by atoms with Gasteiger partial charge in [-0.05, 0) is 36.8 Å². The van der Waals surface area contributed by atoms with Gasteiger partial charge < -0.3 is 10.6 Å². The molecule has 0 radical (unpaired) electrons. The quantitative estimate of drug-likeness (QED) is 0.881. The van der Waals surface area contributed by atoms with Crippen molar-refractivity contribution < 1.29 is 4.79 Å². The Morgan fingerprint density at radius 3 is 2.50 bits per heavy atom. The lowest BCUT2D eigenvalue weighted by molar-refractivity contribution is 0.0950. The summed E-state index contributed by atoms with van der Waals surface area (Å²) < 4.78 is 1.05. The van der Waals surface area contributed by atoms with Crippen molar-refractivity contribution in [3.05, 3.63) is 52.1 Å². The van der Waals surface area contributed by atoms with Crippen LogP contribution in [-0.2, 0) is 6.54 Å². The largest absolute Gasteiger partial charge is 0.365 e. The average Bonchev–Trinajstić information content (AvgIpc) is 2.47. The molecule has 0 saturated heterocycles. The molecule has 2 N–H and O–H groups in total. The topological polar surface area (TPSA) is 66.9 Å². The summed E-state index contributed by atoms with van der Waals surface area (Å²) in [5.41, 5.74) is 1.46. The van der Waals surface area contributed by atoms with Crippen molar-refractivity contribution in [2.24, 2.45) is 0 Å². The molecule has 0 bridgehead atoms. The van der Waals surface area contributed by atoms with Gasteiger partial charge in [-0.3, -0.25) is 4.79 Å². The van der Waals surface area contributed by atoms with Gasteiger partial charge in [0, 0.05) is 17.6 Å². The van der Waals surface area contributed by atoms with E-state index in [1.54, 1.807) is 12.1 Å². The first kappa shape index (κ1) is 14.5. The van der Waals surface area contributed by atoms with Crippen LogP contribution >= 0.6 is 15.9 Å². The fraction of sp³-hybridized carbons (Fsp3) is 0.214. The lowest BCUT2D eigenvalue weighted by atomic mass is 10.2. The lowest BCUT2D eigenvalue weighted by Gasteiger charge is -2.06. The van der Waals surface area contributed by atoms with Crippen LogP contribution in [0.3, 0.4) is 0 Å². The molecule has 6 heteroatoms. The second-order valence-electron chi connectivity index (χ2n) is 4.14. The minimum absolute atomic E-state index is 0.209. The molecule has 1 aromatic carbocycles. The smallest absolute Gasteiger partial charge is 0.271 e. The van der Waals surface area contributed by atoms with E-state index in [1.165, 1.54) is 0 Å². The van der Waals surface area contributed by atoms with Crippen molar-refractivity contribution in [3.63, 3.8) is 0 Å². The summed E-state index contributed by atoms with van der Waals surface area (Å²) >= 11 is 3.40. The predicted octanol–water partition coefficient (Wildman–Crippen LogP) is 2.60. The number of nitrogens with zero attached hydrogens (tertiary/aromatic N) is 2. The standard InChI is InChI=1S/C14H15BrN4O/c1-2-16-14(20)12-7-8-13(19-18-12)17-9-10-3-5-11(15)6-4-10/h3-8H,2,9H2,1H3,(H,16,20)(H,17,19). The Hall–Kier alpha value is -1.95. The normalized spacial score (nSPS) is 10.1. The van der Waals surface area contributed by atoms with Crippen LogP contribution in [0.25, 0.3) is 0 Å². The van der Waals surface area contributed by atoms with E-state index in [0.29, 0.717) is 24.6 Å². The number of nitrogens with one attached hydrogen (secondary N) is 2. The van der Waals surface area contributed by atoms with Gasteiger partial charge in [-0.25, -0.2) is 0 Å². The minimum atomic E-state index is -0.209. The Balaban J connectivity index is 1.93. The molecule has 1 aromatic heterocycles. The molecule has 2 aromatic rings. The van der Waals surface area contributed by atoms with Gasteiger partial charge in [0.25, 0.3) is 5.91 Å². The number of aromatic nitrogens is 2. The van der Waals surface area contributed by atoms with E-state index in [-0.39, 0.29) is 5.91 Å². The molecule has 2 rings (SSSR count). The monoisotopic (exact) mass is 334 g/mol. The van der Waals surface area contributed by atoms with Crippen LogP contribution in [0, 0.1) is 0 Å². The average molecular weight is 335 g/mol. The number of hydrogen-bond donors (Lipinski definition) is 2. The Morgan fingerprint density at radius 2 is 1.90 bits per heavy atom. The summed E-state index contributed by atoms with van der Waals surface area (Å²) in [5.74, 6) is 0.431. The first-order valence-electron chi connectivity index (χ1n) is 6.29. The fourth-order valence-electron chi connectivity index (χ4n) is 1.59. The van der Waals surface area contributed by atoms with Crippen molar-refractivity contribution in [2.75, 3.05) is 11.9 Å². The van der Waals surface area contributed by atoms with E-state index < -0.39 is 0 Å². The van der Waals surface area contributed by atoms with Gasteiger partial charge in [0.15, 0.2) is 5.69 Å². The molecule has 0 fully saturated rings. The Labute approximate surface area is 125 Å². The fourth-order valence-corrected chi connectivity index (χ4v) is 1.86. The Kier molecular flexibility index (Phi) is 5.06. The summed E-state index contributed by atoms with van der Waals surface area (Å²) in [7, 11) is 0. The van der Waals surface area contributed by atoms with Crippen LogP contribution in [-0.4, -0.2) is 22.6 Å². The third-order valence-corrected chi connectivity index (χ3v) is 3.15. The maximum atomic E-state index is 11.5. The molecule has 0 atom stereocenters. The number of rotatable bonds is 5. The Bertz CT molecular complexity index is 569. The SMILES string of the molecule is CCNC(=O)c1ccc(NCc2ccc(Br)cc2)nn1. The van der Waals surface area contributed by atoms with E-state index in [1.807, 2.05) is 31.2 Å². The Morgan fingerprint density at radius 1 is 1.15 bits per heavy atom. The number of halogens is 1. The highest BCUT2D eigenvalue weighted by atomic mass is 79.9. The maximum Gasteiger partial charge on any atom is 0.271 e. The molecule has 0 aliphatic carbocycles. The molecule has 0 aliphatic rings. The van der Waals surface area contributed by atoms with Crippen LogP contribution in [0.1, 0.15) is 23.0 Å². The first-order chi connectivity index (χ1) is 9.69. The molecule has 1 heterocycles. The number of amides is 1. The molecular formula is C14H15BrN4O. The van der Waals surface area contributed by atoms with Gasteiger partial charge in [-0.1, -0.05) is 28.1 Å². The molecule has 0 spiro atoms. The molecule has 20 heavy (non-hydrogen) atoms. The molecule has 104 valence electrons. The van der Waals surface area contributed by atoms with E-state index in [2.05, 4.69) is 36.8 Å². The van der Waals surface area contributed by atoms with Gasteiger partial charge in [-0.15, -0.1) is 10.2 Å². The van der Waals surface area contributed by atoms with E-state index in [9.17, 15) is 4.79 Å². The van der Waals surface area contributed by atoms with Crippen LogP contribution in [0.4, 0.5) is 5.82 Å². The number of benzene rings is 1. The van der Waals surface area contributed by atoms with Crippen molar-refractivity contribution in [1.29, 1.82) is 0 Å². The highest BCUT2D eigenvalue weighted by Crippen LogP contribution is 2.11. The van der Waals surface area contributed by atoms with Crippen LogP contribution < -0.4 is 10.6 Å². The zero-order valence-electron chi connectivity index (χ0n) is 11.1. The van der Waals surface area contributed by atoms with Crippen molar-refractivity contribution in [1.82, 2.24) is 15.5 Å². The third-order valence-electron chi connectivity index (χ3n) is 2.62. The maximum absolute atomic E-state index is 11.5. The van der Waals surface area contributed by atoms with Gasteiger partial charge >= 0.3 is 0 Å². The third kappa shape index (κ3) is 4.03. The number of carbonyl (C=O) groups excluding carboxylic acids is 1. The van der Waals surface area contributed by atoms with Gasteiger partial charge in [-0.2, -0.15) is 0 Å². The summed E-state index contributed by atoms with van der Waals surface area (Å²) in [4.78, 5) is 11.5.